The fourth-order valence-corrected chi connectivity index (χ4v) is 3.15. The summed E-state index contributed by atoms with van der Waals surface area (Å²) in [7, 11) is 0. The molecule has 12 heteroatoms. The number of ketones is 1. The van der Waals surface area contributed by atoms with Crippen molar-refractivity contribution in [2.24, 2.45) is 0 Å². The summed E-state index contributed by atoms with van der Waals surface area (Å²) in [5, 5.41) is 9.98. The van der Waals surface area contributed by atoms with E-state index in [2.05, 4.69) is 0 Å². The van der Waals surface area contributed by atoms with E-state index in [1.165, 1.54) is 0 Å². The van der Waals surface area contributed by atoms with Gasteiger partial charge in [-0.25, -0.2) is 0 Å². The van der Waals surface area contributed by atoms with Crippen molar-refractivity contribution < 1.29 is 14.6 Å². The summed E-state index contributed by atoms with van der Waals surface area (Å²) in [6.07, 6.45) is 0.593. The van der Waals surface area contributed by atoms with E-state index in [-0.39, 0.29) is 6.61 Å². The second kappa shape index (κ2) is 12.1. The van der Waals surface area contributed by atoms with E-state index in [1.54, 1.807) is 12.1 Å². The molecule has 0 aromatic heterocycles. The number of aliphatic hydroxyl groups excluding tert-OH is 1. The Morgan fingerprint density at radius 3 is 1.84 bits per heavy atom. The number of rotatable bonds is 5. The Kier molecular flexibility index (Phi) is 12.8. The molecule has 0 bridgehead atoms. The molecule has 0 aliphatic rings. The second-order valence-electron chi connectivity index (χ2n) is 4.28. The summed E-state index contributed by atoms with van der Waals surface area (Å²) in [6.45, 7) is 0.880. The smallest absolute Gasteiger partial charge is 0.253 e. The van der Waals surface area contributed by atoms with Crippen molar-refractivity contribution in [1.82, 2.24) is 0 Å². The molecule has 0 aliphatic carbocycles. The molecule has 3 nitrogen and oxygen atoms in total. The van der Waals surface area contributed by atoms with Gasteiger partial charge in [-0.15, -0.1) is 0 Å². The minimum absolute atomic E-state index is 0.108. The third-order valence-corrected chi connectivity index (χ3v) is 4.57. The number of hydrogen-bond acceptors (Lipinski definition) is 3. The molecule has 0 amide bonds. The predicted octanol–water partition coefficient (Wildman–Crippen LogP) is 6.84. The van der Waals surface area contributed by atoms with Crippen LogP contribution in [-0.4, -0.2) is 31.7 Å². The molecule has 25 heavy (non-hydrogen) atoms. The zero-order chi connectivity index (χ0) is 19.8. The third-order valence-electron chi connectivity index (χ3n) is 2.35. The van der Waals surface area contributed by atoms with Gasteiger partial charge in [0.1, 0.15) is 0 Å². The van der Waals surface area contributed by atoms with Crippen LogP contribution in [0.4, 0.5) is 0 Å². The maximum absolute atomic E-state index is 10.7. The molecule has 0 spiro atoms. The summed E-state index contributed by atoms with van der Waals surface area (Å²) >= 11 is 48.3. The number of Topliss-reactive ketones (excluding diaryl/α,β-unsaturated/α-hetero) is 1. The predicted molar refractivity (Wildman–Crippen MR) is 108 cm³/mol. The Bertz CT molecular complexity index is 551. The van der Waals surface area contributed by atoms with E-state index >= 15 is 0 Å². The minimum Gasteiger partial charge on any atom is -0.396 e. The van der Waals surface area contributed by atoms with Crippen molar-refractivity contribution in [1.29, 1.82) is 0 Å². The van der Waals surface area contributed by atoms with Crippen LogP contribution < -0.4 is 0 Å². The summed E-state index contributed by atoms with van der Waals surface area (Å²) in [4.78, 5) is 10.7. The molecule has 0 saturated carbocycles. The molecule has 1 N–H and O–H groups in total. The van der Waals surface area contributed by atoms with Gasteiger partial charge in [0.25, 0.3) is 7.59 Å². The standard InChI is InChI=1S/C10H11Cl3O2.C3Cl6O/c11-8-2-3-9(12)10(13)7(8)6-15-5-1-4-14;4-2(5,6)1(10)3(7,8)9/h2-3,14H,1,4-6H2;. The van der Waals surface area contributed by atoms with Crippen molar-refractivity contribution in [3.63, 3.8) is 0 Å². The number of hydrogen-bond donors (Lipinski definition) is 1. The van der Waals surface area contributed by atoms with Crippen LogP contribution in [0.1, 0.15) is 12.0 Å². The van der Waals surface area contributed by atoms with Crippen molar-refractivity contribution in [2.75, 3.05) is 13.2 Å². The number of ether oxygens (including phenoxy) is 1. The number of benzene rings is 1. The Morgan fingerprint density at radius 1 is 0.960 bits per heavy atom. The summed E-state index contributed by atoms with van der Waals surface area (Å²) < 4.78 is 0.939. The lowest BCUT2D eigenvalue weighted by Gasteiger charge is -2.14. The quantitative estimate of drug-likeness (QED) is 0.256. The van der Waals surface area contributed by atoms with E-state index in [0.29, 0.717) is 40.3 Å². The lowest BCUT2D eigenvalue weighted by Crippen LogP contribution is -2.31. The first-order valence-corrected chi connectivity index (χ1v) is 9.71. The van der Waals surface area contributed by atoms with Gasteiger partial charge in [0, 0.05) is 23.8 Å². The largest absolute Gasteiger partial charge is 0.396 e. The topological polar surface area (TPSA) is 46.5 Å². The van der Waals surface area contributed by atoms with E-state index in [1.807, 2.05) is 0 Å². The molecule has 0 atom stereocenters. The van der Waals surface area contributed by atoms with E-state index in [9.17, 15) is 4.79 Å². The van der Waals surface area contributed by atoms with Crippen molar-refractivity contribution in [3.05, 3.63) is 32.8 Å². The summed E-state index contributed by atoms with van der Waals surface area (Å²) in [5.41, 5.74) is 0.684. The summed E-state index contributed by atoms with van der Waals surface area (Å²) in [5.74, 6) is -1.09. The van der Waals surface area contributed by atoms with Gasteiger partial charge >= 0.3 is 0 Å². The molecule has 0 saturated heterocycles. The molecule has 0 heterocycles. The van der Waals surface area contributed by atoms with Crippen LogP contribution in [0.15, 0.2) is 12.1 Å². The maximum atomic E-state index is 10.7. The number of carbonyl (C=O) groups excluding carboxylic acids is 1. The van der Waals surface area contributed by atoms with Crippen LogP contribution in [0.3, 0.4) is 0 Å². The fourth-order valence-electron chi connectivity index (χ4n) is 1.20. The highest BCUT2D eigenvalue weighted by Gasteiger charge is 2.44. The molecular weight excluding hydrogens is 523 g/mol. The van der Waals surface area contributed by atoms with E-state index in [4.69, 9.17) is 114 Å². The number of halogens is 9. The highest BCUT2D eigenvalue weighted by Crippen LogP contribution is 2.39. The Hall–Kier alpha value is 1.42. The molecule has 0 fully saturated rings. The zero-order valence-corrected chi connectivity index (χ0v) is 19.0. The monoisotopic (exact) mass is 530 g/mol. The zero-order valence-electron chi connectivity index (χ0n) is 12.1. The van der Waals surface area contributed by atoms with Gasteiger partial charge in [-0.1, -0.05) is 104 Å². The Balaban J connectivity index is 0.000000504. The molecule has 1 rings (SSSR count). The average Bonchev–Trinajstić information content (AvgIpc) is 2.48. The van der Waals surface area contributed by atoms with Gasteiger partial charge in [-0.05, 0) is 18.6 Å². The lowest BCUT2D eigenvalue weighted by molar-refractivity contribution is -0.117. The van der Waals surface area contributed by atoms with Crippen molar-refractivity contribution in [3.8, 4) is 0 Å². The van der Waals surface area contributed by atoms with Crippen LogP contribution in [0.2, 0.25) is 15.1 Å². The second-order valence-corrected chi connectivity index (χ2v) is 10.0. The van der Waals surface area contributed by atoms with E-state index in [0.717, 1.165) is 0 Å². The highest BCUT2D eigenvalue weighted by atomic mass is 35.6. The van der Waals surface area contributed by atoms with Gasteiger partial charge in [0.05, 0.1) is 16.7 Å². The molecule has 144 valence electrons. The van der Waals surface area contributed by atoms with Crippen molar-refractivity contribution in [2.45, 2.75) is 20.6 Å². The molecule has 1 aromatic carbocycles. The van der Waals surface area contributed by atoms with Gasteiger partial charge in [0.15, 0.2) is 0 Å². The first kappa shape index (κ1) is 26.4. The van der Waals surface area contributed by atoms with E-state index < -0.39 is 13.4 Å². The van der Waals surface area contributed by atoms with Crippen LogP contribution >= 0.6 is 104 Å². The average molecular weight is 534 g/mol. The Morgan fingerprint density at radius 2 is 1.44 bits per heavy atom. The maximum Gasteiger partial charge on any atom is 0.253 e. The first-order chi connectivity index (χ1) is 11.3. The van der Waals surface area contributed by atoms with Gasteiger partial charge in [-0.3, -0.25) is 4.79 Å². The molecule has 1 aromatic rings. The normalized spacial score (nSPS) is 11.8. The van der Waals surface area contributed by atoms with Gasteiger partial charge in [0.2, 0.25) is 5.78 Å². The molecular formula is C13H11Cl9O3. The third kappa shape index (κ3) is 10.5. The lowest BCUT2D eigenvalue weighted by atomic mass is 10.2. The number of carbonyl (C=O) groups is 1. The SMILES string of the molecule is O=C(C(Cl)(Cl)Cl)C(Cl)(Cl)Cl.OCCCOCc1c(Cl)ccc(Cl)c1Cl. The van der Waals surface area contributed by atoms with Crippen molar-refractivity contribution >= 4 is 110 Å². The fraction of sp³-hybridized carbons (Fsp3) is 0.462. The number of aliphatic hydroxyl groups is 1. The van der Waals surface area contributed by atoms with Gasteiger partial charge < -0.3 is 9.84 Å². The van der Waals surface area contributed by atoms with Crippen LogP contribution in [0.5, 0.6) is 0 Å². The first-order valence-electron chi connectivity index (χ1n) is 6.31. The number of alkyl halides is 6. The Labute approximate surface area is 190 Å². The van der Waals surface area contributed by atoms with Crippen LogP contribution in [0.25, 0.3) is 0 Å². The molecule has 0 aliphatic heterocycles. The highest BCUT2D eigenvalue weighted by molar-refractivity contribution is 6.86. The molecule has 0 unspecified atom stereocenters. The van der Waals surface area contributed by atoms with Crippen LogP contribution in [0, 0.1) is 0 Å². The van der Waals surface area contributed by atoms with Crippen LogP contribution in [-0.2, 0) is 16.1 Å². The molecule has 0 radical (unpaired) electrons. The summed E-state index contributed by atoms with van der Waals surface area (Å²) in [6, 6.07) is 3.32. The van der Waals surface area contributed by atoms with Gasteiger partial charge in [-0.2, -0.15) is 0 Å². The minimum atomic E-state index is -2.18.